The highest BCUT2D eigenvalue weighted by molar-refractivity contribution is 6.94. The molecule has 0 bridgehead atoms. The van der Waals surface area contributed by atoms with E-state index in [9.17, 15) is 0 Å². The van der Waals surface area contributed by atoms with Gasteiger partial charge in [0.25, 0.3) is 6.71 Å². The highest BCUT2D eigenvalue weighted by atomic mass is 35.5. The lowest BCUT2D eigenvalue weighted by atomic mass is 9.40. The van der Waals surface area contributed by atoms with Gasteiger partial charge >= 0.3 is 0 Å². The van der Waals surface area contributed by atoms with Crippen LogP contribution in [0.25, 0.3) is 0 Å². The first-order chi connectivity index (χ1) is 9.84. The van der Waals surface area contributed by atoms with Crippen LogP contribution in [0.4, 0.5) is 0 Å². The summed E-state index contributed by atoms with van der Waals surface area (Å²) in [7, 11) is 0. The minimum absolute atomic E-state index is 0.0228. The van der Waals surface area contributed by atoms with Gasteiger partial charge in [-0.15, -0.1) is 0 Å². The van der Waals surface area contributed by atoms with E-state index in [1.807, 2.05) is 60.7 Å². The number of hydrogen-bond acceptors (Lipinski definition) is 2. The largest absolute Gasteiger partial charge is 0.288 e. The van der Waals surface area contributed by atoms with Crippen LogP contribution in [-0.4, -0.2) is 16.7 Å². The fraction of sp³-hybridized carbons (Fsp3) is 0. The summed E-state index contributed by atoms with van der Waals surface area (Å²) in [5, 5.41) is 0.731. The predicted molar refractivity (Wildman–Crippen MR) is 84.6 cm³/mol. The van der Waals surface area contributed by atoms with Crippen LogP contribution in [-0.2, 0) is 0 Å². The van der Waals surface area contributed by atoms with E-state index >= 15 is 0 Å². The summed E-state index contributed by atoms with van der Waals surface area (Å²) in [6, 6.07) is 19.7. The minimum atomic E-state index is 0.0228. The zero-order valence-electron chi connectivity index (χ0n) is 10.8. The maximum absolute atomic E-state index is 5.98. The van der Waals surface area contributed by atoms with Gasteiger partial charge in [0, 0.05) is 28.6 Å². The SMILES string of the molecule is Clc1ccc(B(c2ccccn2)c2ccccn2)cc1. The van der Waals surface area contributed by atoms with Gasteiger partial charge < -0.3 is 0 Å². The third-order valence-corrected chi connectivity index (χ3v) is 3.42. The molecule has 1 aromatic carbocycles. The van der Waals surface area contributed by atoms with Crippen LogP contribution in [0, 0.1) is 0 Å². The molecular weight excluding hydrogens is 266 g/mol. The van der Waals surface area contributed by atoms with Gasteiger partial charge in [-0.3, -0.25) is 9.97 Å². The molecular formula is C16H12BClN2. The van der Waals surface area contributed by atoms with Gasteiger partial charge in [0.15, 0.2) is 0 Å². The lowest BCUT2D eigenvalue weighted by Gasteiger charge is -2.13. The Morgan fingerprint density at radius 2 is 1.25 bits per heavy atom. The molecule has 2 heterocycles. The Hall–Kier alpha value is -2.13. The van der Waals surface area contributed by atoms with E-state index < -0.39 is 0 Å². The Morgan fingerprint density at radius 1 is 0.700 bits per heavy atom. The van der Waals surface area contributed by atoms with E-state index in [0.717, 1.165) is 21.7 Å². The third-order valence-electron chi connectivity index (χ3n) is 3.17. The van der Waals surface area contributed by atoms with E-state index in [-0.39, 0.29) is 6.71 Å². The molecule has 4 heteroatoms. The van der Waals surface area contributed by atoms with Crippen molar-refractivity contribution in [1.29, 1.82) is 0 Å². The monoisotopic (exact) mass is 278 g/mol. The summed E-state index contributed by atoms with van der Waals surface area (Å²) >= 11 is 5.98. The quantitative estimate of drug-likeness (QED) is 0.681. The average molecular weight is 279 g/mol. The van der Waals surface area contributed by atoms with Gasteiger partial charge in [-0.2, -0.15) is 0 Å². The van der Waals surface area contributed by atoms with Crippen LogP contribution in [0.1, 0.15) is 0 Å². The highest BCUT2D eigenvalue weighted by Crippen LogP contribution is 2.04. The van der Waals surface area contributed by atoms with Crippen LogP contribution in [0.15, 0.2) is 73.1 Å². The molecule has 0 atom stereocenters. The van der Waals surface area contributed by atoms with Crippen molar-refractivity contribution in [3.63, 3.8) is 0 Å². The molecule has 20 heavy (non-hydrogen) atoms. The molecule has 96 valence electrons. The van der Waals surface area contributed by atoms with Crippen LogP contribution < -0.4 is 16.6 Å². The van der Waals surface area contributed by atoms with Crippen molar-refractivity contribution in [2.45, 2.75) is 0 Å². The van der Waals surface area contributed by atoms with E-state index in [1.165, 1.54) is 0 Å². The topological polar surface area (TPSA) is 25.8 Å². The second-order valence-electron chi connectivity index (χ2n) is 4.49. The fourth-order valence-electron chi connectivity index (χ4n) is 2.24. The van der Waals surface area contributed by atoms with Gasteiger partial charge in [0.05, 0.1) is 0 Å². The molecule has 0 radical (unpaired) electrons. The molecule has 0 unspecified atom stereocenters. The highest BCUT2D eigenvalue weighted by Gasteiger charge is 2.24. The molecule has 0 saturated heterocycles. The van der Waals surface area contributed by atoms with E-state index in [0.29, 0.717) is 0 Å². The van der Waals surface area contributed by atoms with Gasteiger partial charge in [-0.05, 0) is 36.4 Å². The molecule has 0 aliphatic heterocycles. The van der Waals surface area contributed by atoms with Crippen molar-refractivity contribution >= 4 is 35.0 Å². The van der Waals surface area contributed by atoms with Crippen molar-refractivity contribution in [1.82, 2.24) is 9.97 Å². The summed E-state index contributed by atoms with van der Waals surface area (Å²) < 4.78 is 0. The van der Waals surface area contributed by atoms with Crippen LogP contribution >= 0.6 is 11.6 Å². The standard InChI is InChI=1S/C16H12BClN2/c18-14-9-7-13(8-10-14)17(15-5-1-3-11-19-15)16-6-2-4-12-20-16/h1-12H. The molecule has 0 aliphatic carbocycles. The van der Waals surface area contributed by atoms with Crippen LogP contribution in [0.2, 0.25) is 5.02 Å². The molecule has 0 amide bonds. The molecule has 2 aromatic heterocycles. The van der Waals surface area contributed by atoms with Crippen molar-refractivity contribution in [3.05, 3.63) is 78.1 Å². The van der Waals surface area contributed by atoms with Crippen LogP contribution in [0.5, 0.6) is 0 Å². The molecule has 2 nitrogen and oxygen atoms in total. The van der Waals surface area contributed by atoms with Crippen molar-refractivity contribution in [3.8, 4) is 0 Å². The first-order valence-corrected chi connectivity index (χ1v) is 6.80. The zero-order chi connectivity index (χ0) is 13.8. The zero-order valence-corrected chi connectivity index (χ0v) is 11.5. The Labute approximate surface area is 123 Å². The Bertz CT molecular complexity index is 632. The Kier molecular flexibility index (Phi) is 3.79. The third kappa shape index (κ3) is 2.73. The molecule has 3 rings (SSSR count). The van der Waals surface area contributed by atoms with Gasteiger partial charge in [0.2, 0.25) is 0 Å². The lowest BCUT2D eigenvalue weighted by molar-refractivity contribution is 1.36. The summed E-state index contributed by atoms with van der Waals surface area (Å²) in [6.07, 6.45) is 3.61. The normalized spacial score (nSPS) is 10.2. The average Bonchev–Trinajstić information content (AvgIpc) is 2.52. The first-order valence-electron chi connectivity index (χ1n) is 6.42. The number of nitrogens with zero attached hydrogens (tertiary/aromatic N) is 2. The second-order valence-corrected chi connectivity index (χ2v) is 4.93. The smallest absolute Gasteiger partial charge is 0.270 e. The number of rotatable bonds is 3. The molecule has 3 aromatic rings. The van der Waals surface area contributed by atoms with Gasteiger partial charge in [-0.25, -0.2) is 0 Å². The number of benzene rings is 1. The van der Waals surface area contributed by atoms with Crippen molar-refractivity contribution < 1.29 is 0 Å². The van der Waals surface area contributed by atoms with Crippen LogP contribution in [0.3, 0.4) is 0 Å². The van der Waals surface area contributed by atoms with E-state index in [4.69, 9.17) is 11.6 Å². The lowest BCUT2D eigenvalue weighted by Crippen LogP contribution is -2.54. The van der Waals surface area contributed by atoms with E-state index in [1.54, 1.807) is 12.4 Å². The van der Waals surface area contributed by atoms with Gasteiger partial charge in [0.1, 0.15) is 0 Å². The summed E-state index contributed by atoms with van der Waals surface area (Å²) in [4.78, 5) is 8.96. The van der Waals surface area contributed by atoms with Crippen molar-refractivity contribution in [2.75, 3.05) is 0 Å². The van der Waals surface area contributed by atoms with E-state index in [2.05, 4.69) is 9.97 Å². The first kappa shape index (κ1) is 12.9. The summed E-state index contributed by atoms with van der Waals surface area (Å²) in [5.74, 6) is 0. The molecule has 0 spiro atoms. The molecule has 0 aliphatic rings. The minimum Gasteiger partial charge on any atom is -0.270 e. The van der Waals surface area contributed by atoms with Gasteiger partial charge in [-0.1, -0.05) is 41.3 Å². The summed E-state index contributed by atoms with van der Waals surface area (Å²) in [5.41, 5.74) is 3.09. The maximum atomic E-state index is 5.98. The maximum Gasteiger partial charge on any atom is 0.288 e. The predicted octanol–water partition coefficient (Wildman–Crippen LogP) is 1.65. The Morgan fingerprint density at radius 3 is 1.70 bits per heavy atom. The fourth-order valence-corrected chi connectivity index (χ4v) is 2.37. The number of aromatic nitrogens is 2. The molecule has 0 N–H and O–H groups in total. The second kappa shape index (κ2) is 5.89. The Balaban J connectivity index is 2.11. The molecule has 0 saturated carbocycles. The van der Waals surface area contributed by atoms with Crippen molar-refractivity contribution in [2.24, 2.45) is 0 Å². The number of halogens is 1. The number of pyridine rings is 2. The molecule has 0 fully saturated rings. The summed E-state index contributed by atoms with van der Waals surface area (Å²) in [6.45, 7) is 0.0228. The number of hydrogen-bond donors (Lipinski definition) is 0.